The van der Waals surface area contributed by atoms with Crippen LogP contribution in [0, 0.1) is 0 Å². The molecule has 0 aliphatic heterocycles. The summed E-state index contributed by atoms with van der Waals surface area (Å²) in [6.45, 7) is 1.50. The van der Waals surface area contributed by atoms with E-state index in [2.05, 4.69) is 20.8 Å². The Kier molecular flexibility index (Phi) is 3.93. The van der Waals surface area contributed by atoms with Crippen LogP contribution in [0.5, 0.6) is 0 Å². The van der Waals surface area contributed by atoms with Crippen molar-refractivity contribution in [2.24, 2.45) is 0 Å². The van der Waals surface area contributed by atoms with Crippen molar-refractivity contribution in [3.63, 3.8) is 0 Å². The van der Waals surface area contributed by atoms with Gasteiger partial charge in [-0.05, 0) is 18.9 Å². The predicted molar refractivity (Wildman–Crippen MR) is 61.2 cm³/mol. The largest absolute Gasteiger partial charge is 0.349 e. The van der Waals surface area contributed by atoms with Crippen molar-refractivity contribution in [2.75, 3.05) is 13.1 Å². The lowest BCUT2D eigenvalue weighted by molar-refractivity contribution is 0.0948. The molecule has 5 nitrogen and oxygen atoms in total. The molecule has 2 rings (SSSR count). The summed E-state index contributed by atoms with van der Waals surface area (Å²) in [6.07, 6.45) is 6.78. The van der Waals surface area contributed by atoms with Gasteiger partial charge in [0, 0.05) is 25.3 Å². The number of amides is 1. The van der Waals surface area contributed by atoms with Gasteiger partial charge in [0.25, 0.3) is 5.91 Å². The highest BCUT2D eigenvalue weighted by Crippen LogP contribution is 2.16. The molecule has 88 valence electrons. The molecule has 0 atom stereocenters. The van der Waals surface area contributed by atoms with Gasteiger partial charge in [0.2, 0.25) is 0 Å². The summed E-state index contributed by atoms with van der Waals surface area (Å²) in [4.78, 5) is 11.5. The van der Waals surface area contributed by atoms with E-state index in [1.165, 1.54) is 25.7 Å². The van der Waals surface area contributed by atoms with E-state index in [0.29, 0.717) is 18.3 Å². The number of aromatic nitrogens is 2. The van der Waals surface area contributed by atoms with Crippen molar-refractivity contribution >= 4 is 5.91 Å². The van der Waals surface area contributed by atoms with Gasteiger partial charge >= 0.3 is 0 Å². The van der Waals surface area contributed by atoms with Crippen LogP contribution >= 0.6 is 0 Å². The van der Waals surface area contributed by atoms with Crippen LogP contribution in [0.4, 0.5) is 0 Å². The Bertz CT molecular complexity index is 317. The van der Waals surface area contributed by atoms with Gasteiger partial charge in [0.1, 0.15) is 5.69 Å². The first-order valence-electron chi connectivity index (χ1n) is 5.87. The third-order valence-corrected chi connectivity index (χ3v) is 2.94. The van der Waals surface area contributed by atoms with Gasteiger partial charge in [-0.3, -0.25) is 9.89 Å². The molecule has 1 aliphatic rings. The first-order chi connectivity index (χ1) is 7.86. The lowest BCUT2D eigenvalue weighted by Gasteiger charge is -2.11. The molecule has 0 saturated heterocycles. The van der Waals surface area contributed by atoms with Crippen LogP contribution < -0.4 is 10.6 Å². The third-order valence-electron chi connectivity index (χ3n) is 2.94. The van der Waals surface area contributed by atoms with E-state index < -0.39 is 0 Å². The molecule has 0 spiro atoms. The molecule has 1 aromatic heterocycles. The van der Waals surface area contributed by atoms with Gasteiger partial charge in [-0.2, -0.15) is 5.10 Å². The predicted octanol–water partition coefficient (Wildman–Crippen LogP) is 0.672. The highest BCUT2D eigenvalue weighted by molar-refractivity contribution is 5.92. The summed E-state index contributed by atoms with van der Waals surface area (Å²) in [7, 11) is 0. The van der Waals surface area contributed by atoms with Crippen LogP contribution in [-0.4, -0.2) is 35.2 Å². The number of nitrogens with zero attached hydrogens (tertiary/aromatic N) is 1. The number of carbonyl (C=O) groups is 1. The van der Waals surface area contributed by atoms with Gasteiger partial charge in [0.05, 0.1) is 0 Å². The second kappa shape index (κ2) is 5.65. The Hall–Kier alpha value is -1.36. The van der Waals surface area contributed by atoms with E-state index in [-0.39, 0.29) is 5.91 Å². The van der Waals surface area contributed by atoms with Crippen LogP contribution in [-0.2, 0) is 0 Å². The van der Waals surface area contributed by atoms with Crippen molar-refractivity contribution < 1.29 is 4.79 Å². The highest BCUT2D eigenvalue weighted by atomic mass is 16.1. The molecular weight excluding hydrogens is 204 g/mol. The monoisotopic (exact) mass is 222 g/mol. The number of hydrogen-bond donors (Lipinski definition) is 3. The second-order valence-corrected chi connectivity index (χ2v) is 4.16. The fourth-order valence-electron chi connectivity index (χ4n) is 2.06. The Labute approximate surface area is 95.0 Å². The van der Waals surface area contributed by atoms with Crippen LogP contribution in [0.2, 0.25) is 0 Å². The van der Waals surface area contributed by atoms with Crippen molar-refractivity contribution in [2.45, 2.75) is 31.7 Å². The maximum atomic E-state index is 11.5. The SMILES string of the molecule is O=C(NCCNC1CCCC1)c1ccn[nH]1. The van der Waals surface area contributed by atoms with Crippen molar-refractivity contribution in [1.82, 2.24) is 20.8 Å². The standard InChI is InChI=1S/C11H18N4O/c16-11(10-5-6-14-15-10)13-8-7-12-9-3-1-2-4-9/h5-6,9,12H,1-4,7-8H2,(H,13,16)(H,14,15). The molecule has 1 fully saturated rings. The maximum Gasteiger partial charge on any atom is 0.269 e. The van der Waals surface area contributed by atoms with Crippen LogP contribution in [0.3, 0.4) is 0 Å². The van der Waals surface area contributed by atoms with Crippen LogP contribution in [0.1, 0.15) is 36.2 Å². The van der Waals surface area contributed by atoms with E-state index >= 15 is 0 Å². The van der Waals surface area contributed by atoms with Gasteiger partial charge < -0.3 is 10.6 Å². The molecule has 0 aromatic carbocycles. The number of hydrogen-bond acceptors (Lipinski definition) is 3. The fraction of sp³-hybridized carbons (Fsp3) is 0.636. The fourth-order valence-corrected chi connectivity index (χ4v) is 2.06. The number of nitrogens with one attached hydrogen (secondary N) is 3. The van der Waals surface area contributed by atoms with Gasteiger partial charge in [-0.25, -0.2) is 0 Å². The molecular formula is C11H18N4O. The number of rotatable bonds is 5. The Morgan fingerprint density at radius 1 is 1.44 bits per heavy atom. The molecule has 1 saturated carbocycles. The molecule has 0 unspecified atom stereocenters. The van der Waals surface area contributed by atoms with Gasteiger partial charge in [-0.15, -0.1) is 0 Å². The zero-order valence-electron chi connectivity index (χ0n) is 9.33. The third kappa shape index (κ3) is 3.06. The Balaban J connectivity index is 1.59. The molecule has 5 heteroatoms. The summed E-state index contributed by atoms with van der Waals surface area (Å²) < 4.78 is 0. The van der Waals surface area contributed by atoms with Crippen molar-refractivity contribution in [1.29, 1.82) is 0 Å². The first-order valence-corrected chi connectivity index (χ1v) is 5.87. The Morgan fingerprint density at radius 3 is 2.94 bits per heavy atom. The van der Waals surface area contributed by atoms with Crippen molar-refractivity contribution in [3.05, 3.63) is 18.0 Å². The van der Waals surface area contributed by atoms with E-state index in [9.17, 15) is 4.79 Å². The maximum absolute atomic E-state index is 11.5. The molecule has 1 aromatic rings. The minimum absolute atomic E-state index is 0.0919. The van der Waals surface area contributed by atoms with Crippen molar-refractivity contribution in [3.8, 4) is 0 Å². The molecule has 1 heterocycles. The molecule has 1 aliphatic carbocycles. The molecule has 0 radical (unpaired) electrons. The summed E-state index contributed by atoms with van der Waals surface area (Å²) in [5.41, 5.74) is 0.515. The molecule has 1 amide bonds. The second-order valence-electron chi connectivity index (χ2n) is 4.16. The quantitative estimate of drug-likeness (QED) is 0.641. The topological polar surface area (TPSA) is 69.8 Å². The number of H-pyrrole nitrogens is 1. The first kappa shape index (κ1) is 11.1. The summed E-state index contributed by atoms with van der Waals surface area (Å²) in [5.74, 6) is -0.0919. The smallest absolute Gasteiger partial charge is 0.269 e. The Morgan fingerprint density at radius 2 is 2.25 bits per heavy atom. The minimum atomic E-state index is -0.0919. The molecule has 3 N–H and O–H groups in total. The van der Waals surface area contributed by atoms with Gasteiger partial charge in [0.15, 0.2) is 0 Å². The zero-order valence-corrected chi connectivity index (χ0v) is 9.33. The molecule has 0 bridgehead atoms. The normalized spacial score (nSPS) is 16.5. The van der Waals surface area contributed by atoms with Gasteiger partial charge in [-0.1, -0.05) is 12.8 Å². The summed E-state index contributed by atoms with van der Waals surface area (Å²) in [6, 6.07) is 2.32. The van der Waals surface area contributed by atoms with Crippen LogP contribution in [0.25, 0.3) is 0 Å². The lowest BCUT2D eigenvalue weighted by Crippen LogP contribution is -2.35. The highest BCUT2D eigenvalue weighted by Gasteiger charge is 2.13. The average molecular weight is 222 g/mol. The van der Waals surface area contributed by atoms with Crippen LogP contribution in [0.15, 0.2) is 12.3 Å². The lowest BCUT2D eigenvalue weighted by atomic mass is 10.2. The van der Waals surface area contributed by atoms with E-state index in [0.717, 1.165) is 6.54 Å². The van der Waals surface area contributed by atoms with E-state index in [1.54, 1.807) is 12.3 Å². The average Bonchev–Trinajstić information content (AvgIpc) is 2.96. The number of aromatic amines is 1. The molecule has 16 heavy (non-hydrogen) atoms. The summed E-state index contributed by atoms with van der Waals surface area (Å²) in [5, 5.41) is 12.6. The summed E-state index contributed by atoms with van der Waals surface area (Å²) >= 11 is 0. The number of carbonyl (C=O) groups excluding carboxylic acids is 1. The van der Waals surface area contributed by atoms with E-state index in [4.69, 9.17) is 0 Å². The van der Waals surface area contributed by atoms with E-state index in [1.807, 2.05) is 0 Å². The zero-order chi connectivity index (χ0) is 11.2. The minimum Gasteiger partial charge on any atom is -0.349 e.